The van der Waals surface area contributed by atoms with Crippen molar-refractivity contribution in [3.63, 3.8) is 0 Å². The first kappa shape index (κ1) is 12.1. The zero-order valence-electron chi connectivity index (χ0n) is 8.47. The summed E-state index contributed by atoms with van der Waals surface area (Å²) in [5, 5.41) is 0. The van der Waals surface area contributed by atoms with Crippen LogP contribution in [0, 0.1) is 11.3 Å². The van der Waals surface area contributed by atoms with Gasteiger partial charge in [-0.25, -0.2) is 4.79 Å². The second-order valence-electron chi connectivity index (χ2n) is 4.01. The molecular weight excluding hydrogens is 227 g/mol. The molecule has 0 aliphatic heterocycles. The predicted octanol–water partition coefficient (Wildman–Crippen LogP) is 2.01. The summed E-state index contributed by atoms with van der Waals surface area (Å²) in [5.74, 6) is -0.390. The van der Waals surface area contributed by atoms with Crippen molar-refractivity contribution in [2.75, 3.05) is 20.3 Å². The third-order valence-electron chi connectivity index (χ3n) is 2.76. The Morgan fingerprint density at radius 3 is 2.29 bits per heavy atom. The Morgan fingerprint density at radius 2 is 1.93 bits per heavy atom. The summed E-state index contributed by atoms with van der Waals surface area (Å²) in [7, 11) is 1.44. The van der Waals surface area contributed by atoms with Crippen molar-refractivity contribution in [3.8, 4) is 0 Å². The fraction of sp³-hybridized carbons (Fsp3) is 0.889. The van der Waals surface area contributed by atoms with Crippen LogP contribution in [0.2, 0.25) is 0 Å². The SMILES string of the molecule is COCC(=O)OCC1C(C)(C)C1(Cl)Cl. The van der Waals surface area contributed by atoms with Crippen LogP contribution >= 0.6 is 23.2 Å². The van der Waals surface area contributed by atoms with Crippen molar-refractivity contribution < 1.29 is 14.3 Å². The van der Waals surface area contributed by atoms with Gasteiger partial charge in [0, 0.05) is 18.4 Å². The highest BCUT2D eigenvalue weighted by Crippen LogP contribution is 2.68. The average Bonchev–Trinajstić information content (AvgIpc) is 2.41. The van der Waals surface area contributed by atoms with E-state index in [2.05, 4.69) is 4.74 Å². The minimum atomic E-state index is -0.777. The molecule has 0 aromatic rings. The molecule has 1 rings (SSSR count). The Labute approximate surface area is 93.6 Å². The molecule has 0 radical (unpaired) electrons. The maximum atomic E-state index is 11.0. The topological polar surface area (TPSA) is 35.5 Å². The Bertz CT molecular complexity index is 224. The highest BCUT2D eigenvalue weighted by atomic mass is 35.5. The Balaban J connectivity index is 2.32. The molecular formula is C9H14Cl2O3. The van der Waals surface area contributed by atoms with Crippen molar-refractivity contribution in [1.82, 2.24) is 0 Å². The predicted molar refractivity (Wildman–Crippen MR) is 54.5 cm³/mol. The number of alkyl halides is 2. The van der Waals surface area contributed by atoms with Crippen LogP contribution in [-0.2, 0) is 14.3 Å². The van der Waals surface area contributed by atoms with Crippen LogP contribution < -0.4 is 0 Å². The number of hydrogen-bond donors (Lipinski definition) is 0. The molecule has 14 heavy (non-hydrogen) atoms. The molecule has 1 saturated carbocycles. The maximum absolute atomic E-state index is 11.0. The largest absolute Gasteiger partial charge is 0.464 e. The zero-order valence-corrected chi connectivity index (χ0v) is 9.98. The minimum absolute atomic E-state index is 0.000797. The highest BCUT2D eigenvalue weighted by molar-refractivity contribution is 6.51. The minimum Gasteiger partial charge on any atom is -0.464 e. The van der Waals surface area contributed by atoms with E-state index < -0.39 is 4.33 Å². The quantitative estimate of drug-likeness (QED) is 0.557. The van der Waals surface area contributed by atoms with Crippen molar-refractivity contribution >= 4 is 29.2 Å². The molecule has 1 unspecified atom stereocenters. The lowest BCUT2D eigenvalue weighted by Crippen LogP contribution is -2.14. The van der Waals surface area contributed by atoms with Crippen molar-refractivity contribution in [2.45, 2.75) is 18.2 Å². The van der Waals surface area contributed by atoms with Gasteiger partial charge in [-0.15, -0.1) is 23.2 Å². The van der Waals surface area contributed by atoms with E-state index in [-0.39, 0.29) is 30.5 Å². The molecule has 0 spiro atoms. The molecule has 0 bridgehead atoms. The molecule has 82 valence electrons. The molecule has 3 nitrogen and oxygen atoms in total. The molecule has 1 aliphatic carbocycles. The summed E-state index contributed by atoms with van der Waals surface area (Å²) in [4.78, 5) is 11.0. The van der Waals surface area contributed by atoms with E-state index in [0.717, 1.165) is 0 Å². The van der Waals surface area contributed by atoms with E-state index in [1.54, 1.807) is 0 Å². The van der Waals surface area contributed by atoms with E-state index in [1.165, 1.54) is 7.11 Å². The van der Waals surface area contributed by atoms with Gasteiger partial charge in [0.2, 0.25) is 0 Å². The number of carbonyl (C=O) groups excluding carboxylic acids is 1. The Morgan fingerprint density at radius 1 is 1.43 bits per heavy atom. The number of carbonyl (C=O) groups is 1. The molecule has 0 heterocycles. The summed E-state index contributed by atoms with van der Waals surface area (Å²) < 4.78 is 8.79. The van der Waals surface area contributed by atoms with Gasteiger partial charge in [0.1, 0.15) is 10.9 Å². The van der Waals surface area contributed by atoms with Crippen LogP contribution in [-0.4, -0.2) is 30.6 Å². The van der Waals surface area contributed by atoms with Crippen molar-refractivity contribution in [2.24, 2.45) is 11.3 Å². The second-order valence-corrected chi connectivity index (χ2v) is 5.40. The molecule has 0 N–H and O–H groups in total. The van der Waals surface area contributed by atoms with Gasteiger partial charge in [-0.1, -0.05) is 13.8 Å². The van der Waals surface area contributed by atoms with Crippen LogP contribution in [0.25, 0.3) is 0 Å². The third-order valence-corrected chi connectivity index (χ3v) is 4.26. The van der Waals surface area contributed by atoms with Gasteiger partial charge < -0.3 is 9.47 Å². The van der Waals surface area contributed by atoms with Crippen LogP contribution in [0.4, 0.5) is 0 Å². The average molecular weight is 241 g/mol. The molecule has 1 fully saturated rings. The van der Waals surface area contributed by atoms with Gasteiger partial charge in [0.25, 0.3) is 0 Å². The summed E-state index contributed by atoms with van der Waals surface area (Å²) in [6, 6.07) is 0. The first-order chi connectivity index (χ1) is 6.34. The Kier molecular flexibility index (Phi) is 3.34. The van der Waals surface area contributed by atoms with Gasteiger partial charge in [-0.05, 0) is 0 Å². The summed E-state index contributed by atoms with van der Waals surface area (Å²) >= 11 is 12.0. The second kappa shape index (κ2) is 3.87. The van der Waals surface area contributed by atoms with Gasteiger partial charge in [0.15, 0.2) is 0 Å². The molecule has 0 aromatic carbocycles. The molecule has 0 amide bonds. The first-order valence-electron chi connectivity index (χ1n) is 4.36. The van der Waals surface area contributed by atoms with E-state index >= 15 is 0 Å². The summed E-state index contributed by atoms with van der Waals surface area (Å²) in [5.41, 5.74) is -0.191. The lowest BCUT2D eigenvalue weighted by molar-refractivity contribution is -0.148. The van der Waals surface area contributed by atoms with E-state index in [0.29, 0.717) is 0 Å². The lowest BCUT2D eigenvalue weighted by Gasteiger charge is -2.03. The molecule has 0 aromatic heterocycles. The van der Waals surface area contributed by atoms with Crippen LogP contribution in [0.5, 0.6) is 0 Å². The smallest absolute Gasteiger partial charge is 0.332 e. The Hall–Kier alpha value is 0.01000. The van der Waals surface area contributed by atoms with Crippen molar-refractivity contribution in [3.05, 3.63) is 0 Å². The van der Waals surface area contributed by atoms with E-state index in [9.17, 15) is 4.79 Å². The summed E-state index contributed by atoms with van der Waals surface area (Å²) in [6.07, 6.45) is 0. The maximum Gasteiger partial charge on any atom is 0.332 e. The van der Waals surface area contributed by atoms with Gasteiger partial charge >= 0.3 is 5.97 Å². The van der Waals surface area contributed by atoms with Gasteiger partial charge in [0.05, 0.1) is 6.61 Å². The molecule has 1 atom stereocenters. The van der Waals surface area contributed by atoms with E-state index in [4.69, 9.17) is 27.9 Å². The van der Waals surface area contributed by atoms with Crippen LogP contribution in [0.1, 0.15) is 13.8 Å². The number of ether oxygens (including phenoxy) is 2. The number of hydrogen-bond acceptors (Lipinski definition) is 3. The third kappa shape index (κ3) is 2.00. The van der Waals surface area contributed by atoms with Crippen LogP contribution in [0.15, 0.2) is 0 Å². The zero-order chi connectivity index (χ0) is 11.0. The fourth-order valence-corrected chi connectivity index (χ4v) is 2.23. The van der Waals surface area contributed by atoms with Crippen molar-refractivity contribution in [1.29, 1.82) is 0 Å². The first-order valence-corrected chi connectivity index (χ1v) is 5.12. The monoisotopic (exact) mass is 240 g/mol. The lowest BCUT2D eigenvalue weighted by atomic mass is 10.1. The molecule has 1 aliphatic rings. The normalized spacial score (nSPS) is 27.1. The molecule has 0 saturated heterocycles. The standard InChI is InChI=1S/C9H14Cl2O3/c1-8(2)6(9(8,10)11)4-14-7(12)5-13-3/h6H,4-5H2,1-3H3. The van der Waals surface area contributed by atoms with E-state index in [1.807, 2.05) is 13.8 Å². The highest BCUT2D eigenvalue weighted by Gasteiger charge is 2.70. The molecule has 5 heteroatoms. The fourth-order valence-electron chi connectivity index (χ4n) is 1.41. The van der Waals surface area contributed by atoms with Gasteiger partial charge in [-0.3, -0.25) is 0 Å². The number of halogens is 2. The summed E-state index contributed by atoms with van der Waals surface area (Å²) in [6.45, 7) is 4.11. The van der Waals surface area contributed by atoms with Crippen LogP contribution in [0.3, 0.4) is 0 Å². The number of methoxy groups -OCH3 is 1. The number of esters is 1. The van der Waals surface area contributed by atoms with Gasteiger partial charge in [-0.2, -0.15) is 0 Å². The number of rotatable bonds is 4.